The molecular formula is C14H16N2O4S. The summed E-state index contributed by atoms with van der Waals surface area (Å²) in [7, 11) is 0. The molecule has 21 heavy (non-hydrogen) atoms. The molecule has 0 aliphatic heterocycles. The maximum atomic E-state index is 10.4. The number of carboxylic acids is 1. The molecule has 2 rings (SSSR count). The highest BCUT2D eigenvalue weighted by Gasteiger charge is 2.08. The molecule has 1 N–H and O–H groups in total. The second-order valence-corrected chi connectivity index (χ2v) is 5.29. The van der Waals surface area contributed by atoms with Crippen LogP contribution in [0.5, 0.6) is 5.75 Å². The van der Waals surface area contributed by atoms with Crippen molar-refractivity contribution in [3.8, 4) is 5.75 Å². The maximum absolute atomic E-state index is 10.4. The summed E-state index contributed by atoms with van der Waals surface area (Å²) in [5, 5.41) is 16.5. The standard InChI is InChI=1S/C14H16N2O4S/c1-10-5-2-3-6-11(10)19-8-4-7-12-15-16-14(20-12)21-9-13(17)18/h2-3,5-6H,4,7-9H2,1H3,(H,17,18). The van der Waals surface area contributed by atoms with Crippen LogP contribution in [0.3, 0.4) is 0 Å². The van der Waals surface area contributed by atoms with Crippen LogP contribution in [-0.4, -0.2) is 33.6 Å². The van der Waals surface area contributed by atoms with Crippen molar-refractivity contribution < 1.29 is 19.1 Å². The molecular weight excluding hydrogens is 292 g/mol. The molecule has 0 unspecified atom stereocenters. The first kappa shape index (κ1) is 15.4. The van der Waals surface area contributed by atoms with E-state index in [0.717, 1.165) is 29.5 Å². The van der Waals surface area contributed by atoms with E-state index in [1.54, 1.807) is 0 Å². The number of benzene rings is 1. The number of thioether (sulfide) groups is 1. The molecule has 1 heterocycles. The monoisotopic (exact) mass is 308 g/mol. The van der Waals surface area contributed by atoms with Crippen molar-refractivity contribution in [2.45, 2.75) is 25.0 Å². The zero-order chi connectivity index (χ0) is 15.1. The van der Waals surface area contributed by atoms with E-state index in [-0.39, 0.29) is 11.0 Å². The minimum atomic E-state index is -0.911. The van der Waals surface area contributed by atoms with Gasteiger partial charge in [0.2, 0.25) is 5.89 Å². The van der Waals surface area contributed by atoms with Crippen LogP contribution in [-0.2, 0) is 11.2 Å². The predicted octanol–water partition coefficient (Wildman–Crippen LogP) is 2.57. The van der Waals surface area contributed by atoms with Crippen molar-refractivity contribution >= 4 is 17.7 Å². The van der Waals surface area contributed by atoms with Gasteiger partial charge in [-0.25, -0.2) is 0 Å². The third-order valence-corrected chi connectivity index (χ3v) is 3.46. The molecule has 0 saturated heterocycles. The number of ether oxygens (including phenoxy) is 1. The van der Waals surface area contributed by atoms with Gasteiger partial charge in [0.25, 0.3) is 5.22 Å². The van der Waals surface area contributed by atoms with E-state index in [1.807, 2.05) is 31.2 Å². The first-order valence-electron chi connectivity index (χ1n) is 6.50. The molecule has 0 aliphatic carbocycles. The summed E-state index contributed by atoms with van der Waals surface area (Å²) in [5.41, 5.74) is 1.10. The molecule has 0 saturated carbocycles. The number of carboxylic acid groups (broad SMARTS) is 1. The molecule has 1 aromatic heterocycles. The molecule has 0 amide bonds. The minimum Gasteiger partial charge on any atom is -0.493 e. The fourth-order valence-electron chi connectivity index (χ4n) is 1.64. The molecule has 0 bridgehead atoms. The summed E-state index contributed by atoms with van der Waals surface area (Å²) < 4.78 is 11.0. The van der Waals surface area contributed by atoms with E-state index in [0.29, 0.717) is 18.9 Å². The normalized spacial score (nSPS) is 10.5. The number of para-hydroxylation sites is 1. The maximum Gasteiger partial charge on any atom is 0.314 e. The number of nitrogens with zero attached hydrogens (tertiary/aromatic N) is 2. The predicted molar refractivity (Wildman–Crippen MR) is 77.7 cm³/mol. The lowest BCUT2D eigenvalue weighted by Gasteiger charge is -2.07. The molecule has 0 spiro atoms. The van der Waals surface area contributed by atoms with Gasteiger partial charge in [-0.3, -0.25) is 4.79 Å². The Morgan fingerprint density at radius 2 is 2.19 bits per heavy atom. The van der Waals surface area contributed by atoms with Gasteiger partial charge in [0.05, 0.1) is 6.61 Å². The Bertz CT molecular complexity index is 600. The largest absolute Gasteiger partial charge is 0.493 e. The van der Waals surface area contributed by atoms with Crippen LogP contribution < -0.4 is 4.74 Å². The average molecular weight is 308 g/mol. The number of aromatic nitrogens is 2. The van der Waals surface area contributed by atoms with Crippen LogP contribution in [0, 0.1) is 6.92 Å². The van der Waals surface area contributed by atoms with Crippen LogP contribution in [0.2, 0.25) is 0 Å². The molecule has 0 fully saturated rings. The Balaban J connectivity index is 1.71. The molecule has 7 heteroatoms. The molecule has 0 aliphatic rings. The van der Waals surface area contributed by atoms with Crippen LogP contribution in [0.4, 0.5) is 0 Å². The lowest BCUT2D eigenvalue weighted by atomic mass is 10.2. The van der Waals surface area contributed by atoms with Crippen molar-refractivity contribution in [3.05, 3.63) is 35.7 Å². The van der Waals surface area contributed by atoms with E-state index in [1.165, 1.54) is 0 Å². The highest BCUT2D eigenvalue weighted by atomic mass is 32.2. The minimum absolute atomic E-state index is 0.0853. The Hall–Kier alpha value is -2.02. The van der Waals surface area contributed by atoms with Gasteiger partial charge in [0, 0.05) is 6.42 Å². The number of hydrogen-bond acceptors (Lipinski definition) is 6. The number of aryl methyl sites for hydroxylation is 2. The zero-order valence-electron chi connectivity index (χ0n) is 11.6. The van der Waals surface area contributed by atoms with Gasteiger partial charge in [0.15, 0.2) is 0 Å². The smallest absolute Gasteiger partial charge is 0.314 e. The molecule has 112 valence electrons. The highest BCUT2D eigenvalue weighted by Crippen LogP contribution is 2.18. The van der Waals surface area contributed by atoms with Crippen molar-refractivity contribution in [1.82, 2.24) is 10.2 Å². The Kier molecular flexibility index (Phi) is 5.62. The van der Waals surface area contributed by atoms with Crippen molar-refractivity contribution in [2.75, 3.05) is 12.4 Å². The summed E-state index contributed by atoms with van der Waals surface area (Å²) in [6.07, 6.45) is 1.35. The number of aliphatic carboxylic acids is 1. The van der Waals surface area contributed by atoms with Crippen LogP contribution in [0.1, 0.15) is 17.9 Å². The zero-order valence-corrected chi connectivity index (χ0v) is 12.4. The second kappa shape index (κ2) is 7.68. The second-order valence-electron chi connectivity index (χ2n) is 4.36. The lowest BCUT2D eigenvalue weighted by molar-refractivity contribution is -0.133. The first-order valence-corrected chi connectivity index (χ1v) is 7.49. The molecule has 1 aromatic carbocycles. The Morgan fingerprint density at radius 1 is 1.38 bits per heavy atom. The Labute approximate surface area is 126 Å². The van der Waals surface area contributed by atoms with Gasteiger partial charge < -0.3 is 14.3 Å². The average Bonchev–Trinajstić information content (AvgIpc) is 2.91. The fraction of sp³-hybridized carbons (Fsp3) is 0.357. The van der Waals surface area contributed by atoms with Gasteiger partial charge in [-0.1, -0.05) is 30.0 Å². The van der Waals surface area contributed by atoms with Gasteiger partial charge in [-0.05, 0) is 25.0 Å². The van der Waals surface area contributed by atoms with E-state index >= 15 is 0 Å². The quantitative estimate of drug-likeness (QED) is 0.592. The van der Waals surface area contributed by atoms with E-state index in [9.17, 15) is 4.79 Å². The van der Waals surface area contributed by atoms with Crippen molar-refractivity contribution in [1.29, 1.82) is 0 Å². The van der Waals surface area contributed by atoms with E-state index < -0.39 is 5.97 Å². The van der Waals surface area contributed by atoms with E-state index in [4.69, 9.17) is 14.3 Å². The van der Waals surface area contributed by atoms with Crippen LogP contribution in [0.25, 0.3) is 0 Å². The topological polar surface area (TPSA) is 85.5 Å². The molecule has 0 radical (unpaired) electrons. The Morgan fingerprint density at radius 3 is 2.95 bits per heavy atom. The van der Waals surface area contributed by atoms with Gasteiger partial charge in [-0.15, -0.1) is 10.2 Å². The summed E-state index contributed by atoms with van der Waals surface area (Å²) in [6, 6.07) is 7.84. The van der Waals surface area contributed by atoms with Crippen molar-refractivity contribution in [3.63, 3.8) is 0 Å². The summed E-state index contributed by atoms with van der Waals surface area (Å²) in [6.45, 7) is 2.56. The molecule has 0 atom stereocenters. The summed E-state index contributed by atoms with van der Waals surface area (Å²) in [4.78, 5) is 10.4. The number of carbonyl (C=O) groups is 1. The highest BCUT2D eigenvalue weighted by molar-refractivity contribution is 7.99. The van der Waals surface area contributed by atoms with Crippen molar-refractivity contribution in [2.24, 2.45) is 0 Å². The fourth-order valence-corrected chi connectivity index (χ4v) is 2.15. The first-order chi connectivity index (χ1) is 10.1. The van der Waals surface area contributed by atoms with E-state index in [2.05, 4.69) is 10.2 Å². The van der Waals surface area contributed by atoms with Gasteiger partial charge >= 0.3 is 5.97 Å². The third-order valence-electron chi connectivity index (χ3n) is 2.65. The summed E-state index contributed by atoms with van der Waals surface area (Å²) >= 11 is 1.02. The molecule has 6 nitrogen and oxygen atoms in total. The van der Waals surface area contributed by atoms with Gasteiger partial charge in [0.1, 0.15) is 11.5 Å². The van der Waals surface area contributed by atoms with Crippen LogP contribution in [0.15, 0.2) is 33.9 Å². The molecule has 2 aromatic rings. The van der Waals surface area contributed by atoms with Gasteiger partial charge in [-0.2, -0.15) is 0 Å². The SMILES string of the molecule is Cc1ccccc1OCCCc1nnc(SCC(=O)O)o1. The number of hydrogen-bond donors (Lipinski definition) is 1. The van der Waals surface area contributed by atoms with Crippen LogP contribution >= 0.6 is 11.8 Å². The lowest BCUT2D eigenvalue weighted by Crippen LogP contribution is -2.00. The summed E-state index contributed by atoms with van der Waals surface area (Å²) in [5.74, 6) is 0.376. The third kappa shape index (κ3) is 5.11. The number of rotatable bonds is 8.